The number of likely N-dealkylation sites (N-methyl/N-ethyl adjacent to an activating group) is 2. The zero-order valence-electron chi connectivity index (χ0n) is 27.1. The van der Waals surface area contributed by atoms with Crippen molar-refractivity contribution in [1.82, 2.24) is 39.5 Å². The number of aromatic nitrogens is 4. The summed E-state index contributed by atoms with van der Waals surface area (Å²) in [6.45, 7) is 3.01. The Kier molecular flexibility index (Phi) is 7.53. The van der Waals surface area contributed by atoms with Crippen LogP contribution in [0, 0.1) is 0 Å². The Morgan fingerprint density at radius 1 is 0.531 bits per heavy atom. The summed E-state index contributed by atoms with van der Waals surface area (Å²) in [6, 6.07) is 14.4. The van der Waals surface area contributed by atoms with Crippen LogP contribution in [0.2, 0.25) is 0 Å². The van der Waals surface area contributed by atoms with Crippen LogP contribution in [0.1, 0.15) is 47.9 Å². The summed E-state index contributed by atoms with van der Waals surface area (Å²) in [6.07, 6.45) is 7.22. The molecule has 4 amide bonds. The molecular weight excluding hydrogens is 620 g/mol. The van der Waals surface area contributed by atoms with Crippen LogP contribution < -0.4 is 0 Å². The molecule has 0 bridgehead atoms. The van der Waals surface area contributed by atoms with Crippen molar-refractivity contribution in [2.75, 3.05) is 53.4 Å². The maximum atomic E-state index is 13.6. The quantitative estimate of drug-likeness (QED) is 0.158. The minimum Gasteiger partial charge on any atom is -0.305 e. The van der Waals surface area contributed by atoms with E-state index in [1.165, 1.54) is 9.80 Å². The molecule has 0 spiro atoms. The maximum absolute atomic E-state index is 13.6. The van der Waals surface area contributed by atoms with Gasteiger partial charge in [-0.1, -0.05) is 24.3 Å². The molecule has 0 N–H and O–H groups in total. The Labute approximate surface area is 281 Å². The molecule has 4 aromatic carbocycles. The van der Waals surface area contributed by atoms with E-state index < -0.39 is 0 Å². The van der Waals surface area contributed by atoms with Crippen molar-refractivity contribution in [2.24, 2.45) is 0 Å². The number of imide groups is 2. The maximum Gasteiger partial charge on any atom is 0.261 e. The van der Waals surface area contributed by atoms with Gasteiger partial charge in [-0.15, -0.1) is 0 Å². The second-order valence-electron chi connectivity index (χ2n) is 12.6. The van der Waals surface area contributed by atoms with Crippen molar-refractivity contribution >= 4 is 67.2 Å². The molecule has 0 saturated carbocycles. The molecule has 0 unspecified atom stereocenters. The molecule has 8 rings (SSSR count). The largest absolute Gasteiger partial charge is 0.305 e. The molecule has 0 radical (unpaired) electrons. The van der Waals surface area contributed by atoms with Crippen molar-refractivity contribution in [3.63, 3.8) is 0 Å². The number of nitrogens with zero attached hydrogens (tertiary/aromatic N) is 8. The Morgan fingerprint density at radius 2 is 0.939 bits per heavy atom. The molecule has 0 saturated heterocycles. The van der Waals surface area contributed by atoms with E-state index in [4.69, 9.17) is 0 Å². The van der Waals surface area contributed by atoms with Crippen LogP contribution in [-0.2, 0) is 0 Å². The van der Waals surface area contributed by atoms with Gasteiger partial charge in [0.15, 0.2) is 0 Å². The monoisotopic (exact) mass is 652 g/mol. The minimum atomic E-state index is -0.323. The Hall–Kier alpha value is -5.72. The van der Waals surface area contributed by atoms with E-state index in [9.17, 15) is 19.2 Å². The Morgan fingerprint density at radius 3 is 1.39 bits per heavy atom. The Balaban J connectivity index is 0.868. The first kappa shape index (κ1) is 30.6. The number of carbonyl (C=O) groups is 4. The highest BCUT2D eigenvalue weighted by Crippen LogP contribution is 2.35. The molecule has 0 aliphatic carbocycles. The van der Waals surface area contributed by atoms with Gasteiger partial charge in [-0.2, -0.15) is 0 Å². The topological polar surface area (TPSA) is 133 Å². The fourth-order valence-corrected chi connectivity index (χ4v) is 7.06. The highest BCUT2D eigenvalue weighted by Gasteiger charge is 2.35. The van der Waals surface area contributed by atoms with Crippen molar-refractivity contribution < 1.29 is 19.2 Å². The third-order valence-electron chi connectivity index (χ3n) is 9.59. The van der Waals surface area contributed by atoms with Crippen LogP contribution >= 0.6 is 0 Å². The first-order valence-electron chi connectivity index (χ1n) is 16.2. The SMILES string of the molecule is CN(CCCN(C)CCN1C(=O)c2cccc3c2c(cc2nccnc23)C1=O)CCN1C(=O)c2cccc3c2c(cc2nccnc23)C1=O. The van der Waals surface area contributed by atoms with E-state index in [1.54, 1.807) is 49.1 Å². The van der Waals surface area contributed by atoms with Gasteiger partial charge in [-0.05, 0) is 57.9 Å². The van der Waals surface area contributed by atoms with E-state index in [0.29, 0.717) is 68.2 Å². The molecule has 6 aromatic rings. The third kappa shape index (κ3) is 5.07. The van der Waals surface area contributed by atoms with Crippen molar-refractivity contribution in [2.45, 2.75) is 6.42 Å². The average molecular weight is 653 g/mol. The summed E-state index contributed by atoms with van der Waals surface area (Å²) >= 11 is 0. The molecule has 2 aliphatic heterocycles. The lowest BCUT2D eigenvalue weighted by molar-refractivity contribution is 0.0585. The molecule has 0 fully saturated rings. The van der Waals surface area contributed by atoms with Crippen LogP contribution in [0.3, 0.4) is 0 Å². The van der Waals surface area contributed by atoms with Gasteiger partial charge < -0.3 is 9.80 Å². The molecule has 0 atom stereocenters. The zero-order chi connectivity index (χ0) is 33.8. The highest BCUT2D eigenvalue weighted by molar-refractivity contribution is 6.29. The van der Waals surface area contributed by atoms with Gasteiger partial charge >= 0.3 is 0 Å². The number of rotatable bonds is 10. The van der Waals surface area contributed by atoms with Gasteiger partial charge in [0.2, 0.25) is 0 Å². The fourth-order valence-electron chi connectivity index (χ4n) is 7.06. The van der Waals surface area contributed by atoms with E-state index >= 15 is 0 Å². The highest BCUT2D eigenvalue weighted by atomic mass is 16.2. The number of hydrogen-bond donors (Lipinski definition) is 0. The molecule has 12 nitrogen and oxygen atoms in total. The normalized spacial score (nSPS) is 14.5. The smallest absolute Gasteiger partial charge is 0.261 e. The average Bonchev–Trinajstić information content (AvgIpc) is 3.12. The second kappa shape index (κ2) is 12.1. The number of benzene rings is 4. The molecular formula is C37H32N8O4. The van der Waals surface area contributed by atoms with Crippen molar-refractivity contribution in [3.8, 4) is 0 Å². The number of fused-ring (bicyclic) bond motifs is 4. The first-order valence-corrected chi connectivity index (χ1v) is 16.2. The molecule has 244 valence electrons. The van der Waals surface area contributed by atoms with Gasteiger partial charge in [0.1, 0.15) is 0 Å². The van der Waals surface area contributed by atoms with Crippen LogP contribution in [0.15, 0.2) is 73.3 Å². The lowest BCUT2D eigenvalue weighted by Crippen LogP contribution is -2.45. The standard InChI is InChI=1S/C37H32N8O4/c1-42(16-18-44-34(46)24-8-3-6-22-30(24)26(36(44)48)20-28-32(22)40-12-10-38-28)14-5-15-43(2)17-19-45-35(47)25-9-4-7-23-31(25)27(37(45)49)21-29-33(23)41-13-11-39-29/h3-4,6-13,20-21H,5,14-19H2,1-2H3. The molecule has 2 aliphatic rings. The number of hydrogen-bond acceptors (Lipinski definition) is 10. The fraction of sp³-hybridized carbons (Fsp3) is 0.243. The van der Waals surface area contributed by atoms with E-state index in [2.05, 4.69) is 29.7 Å². The third-order valence-corrected chi connectivity index (χ3v) is 9.59. The van der Waals surface area contributed by atoms with Gasteiger partial charge in [0.05, 0.1) is 33.2 Å². The van der Waals surface area contributed by atoms with Crippen LogP contribution in [-0.4, -0.2) is 117 Å². The van der Waals surface area contributed by atoms with Gasteiger partial charge in [0, 0.05) is 83.6 Å². The van der Waals surface area contributed by atoms with Gasteiger partial charge in [-0.25, -0.2) is 0 Å². The predicted molar refractivity (Wildman–Crippen MR) is 184 cm³/mol. The predicted octanol–water partition coefficient (Wildman–Crippen LogP) is 4.03. The van der Waals surface area contributed by atoms with Crippen molar-refractivity contribution in [3.05, 3.63) is 95.6 Å². The molecule has 12 heteroatoms. The Bertz CT molecular complexity index is 2210. The first-order chi connectivity index (χ1) is 23.8. The summed E-state index contributed by atoms with van der Waals surface area (Å²) in [5.74, 6) is -1.25. The summed E-state index contributed by atoms with van der Waals surface area (Å²) in [5, 5.41) is 2.77. The summed E-state index contributed by atoms with van der Waals surface area (Å²) in [7, 11) is 3.93. The van der Waals surface area contributed by atoms with Gasteiger partial charge in [0.25, 0.3) is 23.6 Å². The van der Waals surface area contributed by atoms with E-state index in [1.807, 2.05) is 38.4 Å². The number of carbonyl (C=O) groups excluding carboxylic acids is 4. The summed E-state index contributed by atoms with van der Waals surface area (Å²) in [4.78, 5) is 78.6. The molecule has 4 heterocycles. The lowest BCUT2D eigenvalue weighted by Gasteiger charge is -2.30. The minimum absolute atomic E-state index is 0.257. The lowest BCUT2D eigenvalue weighted by atomic mass is 9.93. The van der Waals surface area contributed by atoms with Crippen LogP contribution in [0.5, 0.6) is 0 Å². The number of amides is 4. The van der Waals surface area contributed by atoms with E-state index in [-0.39, 0.29) is 36.7 Å². The summed E-state index contributed by atoms with van der Waals surface area (Å²) in [5.41, 5.74) is 4.50. The van der Waals surface area contributed by atoms with Crippen LogP contribution in [0.25, 0.3) is 43.6 Å². The summed E-state index contributed by atoms with van der Waals surface area (Å²) < 4.78 is 0. The zero-order valence-corrected chi connectivity index (χ0v) is 27.1. The van der Waals surface area contributed by atoms with Crippen LogP contribution in [0.4, 0.5) is 0 Å². The van der Waals surface area contributed by atoms with E-state index in [0.717, 1.165) is 30.3 Å². The second-order valence-corrected chi connectivity index (χ2v) is 12.6. The molecule has 2 aromatic heterocycles. The molecule has 49 heavy (non-hydrogen) atoms. The van der Waals surface area contributed by atoms with Crippen molar-refractivity contribution in [1.29, 1.82) is 0 Å². The van der Waals surface area contributed by atoms with Gasteiger partial charge in [-0.3, -0.25) is 48.9 Å².